The Morgan fingerprint density at radius 1 is 1.58 bits per heavy atom. The SMILES string of the molecule is Cc1cc(C(=O)NC2(C)CCOC2C)cc(NN)n1. The first-order chi connectivity index (χ1) is 8.94. The molecule has 1 aromatic rings. The highest BCUT2D eigenvalue weighted by atomic mass is 16.5. The summed E-state index contributed by atoms with van der Waals surface area (Å²) in [6.45, 7) is 6.46. The second-order valence-electron chi connectivity index (χ2n) is 5.16. The Bertz CT molecular complexity index is 492. The summed E-state index contributed by atoms with van der Waals surface area (Å²) in [6.07, 6.45) is 0.817. The molecule has 0 aromatic carbocycles. The predicted molar refractivity (Wildman–Crippen MR) is 72.7 cm³/mol. The van der Waals surface area contributed by atoms with Crippen LogP contribution in [0, 0.1) is 6.92 Å². The number of ether oxygens (including phenoxy) is 1. The molecule has 19 heavy (non-hydrogen) atoms. The molecule has 2 unspecified atom stereocenters. The lowest BCUT2D eigenvalue weighted by Crippen LogP contribution is -2.50. The van der Waals surface area contributed by atoms with Gasteiger partial charge in [-0.2, -0.15) is 0 Å². The molecule has 1 aliphatic rings. The molecule has 1 aliphatic heterocycles. The van der Waals surface area contributed by atoms with Crippen molar-refractivity contribution in [2.24, 2.45) is 5.84 Å². The van der Waals surface area contributed by atoms with E-state index < -0.39 is 0 Å². The summed E-state index contributed by atoms with van der Waals surface area (Å²) >= 11 is 0. The van der Waals surface area contributed by atoms with Crippen LogP contribution in [0.5, 0.6) is 0 Å². The van der Waals surface area contributed by atoms with Gasteiger partial charge < -0.3 is 15.5 Å². The number of aryl methyl sites for hydroxylation is 1. The van der Waals surface area contributed by atoms with Gasteiger partial charge in [0.05, 0.1) is 11.6 Å². The number of amides is 1. The maximum absolute atomic E-state index is 12.3. The van der Waals surface area contributed by atoms with Gasteiger partial charge in [-0.05, 0) is 39.3 Å². The molecule has 1 amide bonds. The largest absolute Gasteiger partial charge is 0.376 e. The molecule has 2 heterocycles. The number of nitrogens with one attached hydrogen (secondary N) is 2. The van der Waals surface area contributed by atoms with Crippen molar-refractivity contribution in [1.29, 1.82) is 0 Å². The van der Waals surface area contributed by atoms with E-state index in [2.05, 4.69) is 15.7 Å². The van der Waals surface area contributed by atoms with Crippen LogP contribution >= 0.6 is 0 Å². The van der Waals surface area contributed by atoms with E-state index in [4.69, 9.17) is 10.6 Å². The second-order valence-corrected chi connectivity index (χ2v) is 5.16. The number of carbonyl (C=O) groups is 1. The van der Waals surface area contributed by atoms with E-state index >= 15 is 0 Å². The van der Waals surface area contributed by atoms with Crippen molar-refractivity contribution in [3.8, 4) is 0 Å². The van der Waals surface area contributed by atoms with Crippen LogP contribution in [0.3, 0.4) is 0 Å². The zero-order valence-corrected chi connectivity index (χ0v) is 11.5. The van der Waals surface area contributed by atoms with E-state index in [1.807, 2.05) is 20.8 Å². The Hall–Kier alpha value is -1.66. The number of rotatable bonds is 3. The van der Waals surface area contributed by atoms with E-state index in [0.717, 1.165) is 12.1 Å². The summed E-state index contributed by atoms with van der Waals surface area (Å²) in [5.41, 5.74) is 3.41. The third-order valence-electron chi connectivity index (χ3n) is 3.65. The zero-order valence-electron chi connectivity index (χ0n) is 11.5. The number of hydrazine groups is 1. The number of hydrogen-bond acceptors (Lipinski definition) is 5. The fraction of sp³-hybridized carbons (Fsp3) is 0.538. The van der Waals surface area contributed by atoms with Crippen LogP contribution < -0.4 is 16.6 Å². The topological polar surface area (TPSA) is 89.3 Å². The maximum atomic E-state index is 12.3. The summed E-state index contributed by atoms with van der Waals surface area (Å²) < 4.78 is 5.51. The van der Waals surface area contributed by atoms with Gasteiger partial charge in [0.1, 0.15) is 5.82 Å². The number of nitrogens with zero attached hydrogens (tertiary/aromatic N) is 1. The number of nitrogens with two attached hydrogens (primary N) is 1. The van der Waals surface area contributed by atoms with Gasteiger partial charge in [0.15, 0.2) is 0 Å². The lowest BCUT2D eigenvalue weighted by atomic mass is 9.94. The number of nitrogen functional groups attached to an aromatic ring is 1. The van der Waals surface area contributed by atoms with E-state index in [1.165, 1.54) is 0 Å². The molecule has 0 spiro atoms. The molecule has 6 heteroatoms. The first kappa shape index (κ1) is 13.8. The molecule has 2 rings (SSSR count). The molecule has 6 nitrogen and oxygen atoms in total. The van der Waals surface area contributed by atoms with Crippen molar-refractivity contribution in [1.82, 2.24) is 10.3 Å². The van der Waals surface area contributed by atoms with Crippen LogP contribution in [-0.2, 0) is 4.74 Å². The summed E-state index contributed by atoms with van der Waals surface area (Å²) in [4.78, 5) is 16.5. The lowest BCUT2D eigenvalue weighted by Gasteiger charge is -2.29. The van der Waals surface area contributed by atoms with Crippen LogP contribution in [0.4, 0.5) is 5.82 Å². The van der Waals surface area contributed by atoms with Crippen molar-refractivity contribution < 1.29 is 9.53 Å². The van der Waals surface area contributed by atoms with E-state index in [-0.39, 0.29) is 17.6 Å². The van der Waals surface area contributed by atoms with Crippen LogP contribution in [0.1, 0.15) is 36.3 Å². The highest BCUT2D eigenvalue weighted by molar-refractivity contribution is 5.95. The van der Waals surface area contributed by atoms with Gasteiger partial charge in [-0.1, -0.05) is 0 Å². The molecule has 1 saturated heterocycles. The summed E-state index contributed by atoms with van der Waals surface area (Å²) in [5.74, 6) is 5.68. The van der Waals surface area contributed by atoms with Gasteiger partial charge in [0.2, 0.25) is 0 Å². The Morgan fingerprint density at radius 3 is 2.89 bits per heavy atom. The normalized spacial score (nSPS) is 26.2. The monoisotopic (exact) mass is 264 g/mol. The molecule has 104 valence electrons. The average Bonchev–Trinajstić information content (AvgIpc) is 2.68. The Labute approximate surface area is 112 Å². The Kier molecular flexibility index (Phi) is 3.73. The molecule has 2 atom stereocenters. The van der Waals surface area contributed by atoms with Crippen molar-refractivity contribution in [2.75, 3.05) is 12.0 Å². The Balaban J connectivity index is 2.18. The van der Waals surface area contributed by atoms with Crippen molar-refractivity contribution in [3.05, 3.63) is 23.4 Å². The van der Waals surface area contributed by atoms with Crippen LogP contribution in [-0.4, -0.2) is 29.1 Å². The minimum absolute atomic E-state index is 0.00601. The highest BCUT2D eigenvalue weighted by Crippen LogP contribution is 2.25. The van der Waals surface area contributed by atoms with Crippen LogP contribution in [0.25, 0.3) is 0 Å². The molecule has 4 N–H and O–H groups in total. The standard InChI is InChI=1S/C13H20N4O2/c1-8-6-10(7-11(15-8)17-14)12(18)16-13(3)4-5-19-9(13)2/h6-7,9H,4-5,14H2,1-3H3,(H,15,17)(H,16,18). The van der Waals surface area contributed by atoms with E-state index in [9.17, 15) is 4.79 Å². The first-order valence-corrected chi connectivity index (χ1v) is 6.34. The first-order valence-electron chi connectivity index (χ1n) is 6.34. The summed E-state index contributed by atoms with van der Waals surface area (Å²) in [7, 11) is 0. The fourth-order valence-electron chi connectivity index (χ4n) is 2.20. The van der Waals surface area contributed by atoms with Crippen molar-refractivity contribution >= 4 is 11.7 Å². The molecular formula is C13H20N4O2. The molecular weight excluding hydrogens is 244 g/mol. The van der Waals surface area contributed by atoms with Gasteiger partial charge in [-0.15, -0.1) is 0 Å². The average molecular weight is 264 g/mol. The summed E-state index contributed by atoms with van der Waals surface area (Å²) in [6, 6.07) is 3.37. The molecule has 0 aliphatic carbocycles. The third kappa shape index (κ3) is 2.85. The van der Waals surface area contributed by atoms with Crippen LogP contribution in [0.15, 0.2) is 12.1 Å². The lowest BCUT2D eigenvalue weighted by molar-refractivity contribution is 0.0727. The number of pyridine rings is 1. The summed E-state index contributed by atoms with van der Waals surface area (Å²) in [5, 5.41) is 3.04. The van der Waals surface area contributed by atoms with Crippen LogP contribution in [0.2, 0.25) is 0 Å². The van der Waals surface area contributed by atoms with E-state index in [0.29, 0.717) is 18.0 Å². The van der Waals surface area contributed by atoms with Crippen molar-refractivity contribution in [3.63, 3.8) is 0 Å². The van der Waals surface area contributed by atoms with Gasteiger partial charge in [0, 0.05) is 17.9 Å². The maximum Gasteiger partial charge on any atom is 0.251 e. The molecule has 1 aromatic heterocycles. The van der Waals surface area contributed by atoms with E-state index in [1.54, 1.807) is 12.1 Å². The minimum atomic E-state index is -0.329. The number of aromatic nitrogens is 1. The third-order valence-corrected chi connectivity index (χ3v) is 3.65. The second kappa shape index (κ2) is 5.14. The molecule has 0 radical (unpaired) electrons. The number of carbonyl (C=O) groups excluding carboxylic acids is 1. The van der Waals surface area contributed by atoms with Gasteiger partial charge in [-0.25, -0.2) is 10.8 Å². The number of hydrogen-bond donors (Lipinski definition) is 3. The van der Waals surface area contributed by atoms with Crippen molar-refractivity contribution in [2.45, 2.75) is 38.8 Å². The molecule has 0 saturated carbocycles. The minimum Gasteiger partial charge on any atom is -0.376 e. The highest BCUT2D eigenvalue weighted by Gasteiger charge is 2.38. The van der Waals surface area contributed by atoms with Gasteiger partial charge in [-0.3, -0.25) is 4.79 Å². The molecule has 0 bridgehead atoms. The van der Waals surface area contributed by atoms with Gasteiger partial charge >= 0.3 is 0 Å². The Morgan fingerprint density at radius 2 is 2.32 bits per heavy atom. The smallest absolute Gasteiger partial charge is 0.251 e. The number of anilines is 1. The zero-order chi connectivity index (χ0) is 14.0. The quantitative estimate of drug-likeness (QED) is 0.559. The fourth-order valence-corrected chi connectivity index (χ4v) is 2.20. The van der Waals surface area contributed by atoms with Gasteiger partial charge in [0.25, 0.3) is 5.91 Å². The predicted octanol–water partition coefficient (Wildman–Crippen LogP) is 0.973. The molecule has 1 fully saturated rings.